The van der Waals surface area contributed by atoms with Gasteiger partial charge in [-0.1, -0.05) is 18.2 Å². The maximum Gasteiger partial charge on any atom is 0.222 e. The van der Waals surface area contributed by atoms with E-state index < -0.39 is 0 Å². The highest BCUT2D eigenvalue weighted by Gasteiger charge is 2.13. The summed E-state index contributed by atoms with van der Waals surface area (Å²) < 4.78 is 7.63. The molecule has 2 aromatic heterocycles. The lowest BCUT2D eigenvalue weighted by Gasteiger charge is -2.11. The molecule has 2 heterocycles. The van der Waals surface area contributed by atoms with Crippen LogP contribution in [-0.4, -0.2) is 15.5 Å². The van der Waals surface area contributed by atoms with Crippen LogP contribution in [0.3, 0.4) is 0 Å². The lowest BCUT2D eigenvalue weighted by molar-refractivity contribution is -0.122. The monoisotopic (exact) mass is 283 g/mol. The summed E-state index contributed by atoms with van der Waals surface area (Å²) in [4.78, 5) is 15.9. The number of aryl methyl sites for hydroxylation is 1. The molecular formula is C16H17N3O2. The van der Waals surface area contributed by atoms with Gasteiger partial charge in [-0.25, -0.2) is 4.98 Å². The van der Waals surface area contributed by atoms with Gasteiger partial charge in [0.1, 0.15) is 11.3 Å². The maximum atomic E-state index is 12.0. The molecule has 1 amide bonds. The zero-order chi connectivity index (χ0) is 14.7. The van der Waals surface area contributed by atoms with E-state index >= 15 is 0 Å². The first-order valence-electron chi connectivity index (χ1n) is 6.96. The molecule has 5 heteroatoms. The third-order valence-corrected chi connectivity index (χ3v) is 3.41. The second-order valence-electron chi connectivity index (χ2n) is 5.03. The summed E-state index contributed by atoms with van der Waals surface area (Å²) in [6.45, 7) is 2.55. The predicted octanol–water partition coefficient (Wildman–Crippen LogP) is 2.90. The highest BCUT2D eigenvalue weighted by Crippen LogP contribution is 2.23. The summed E-state index contributed by atoms with van der Waals surface area (Å²) >= 11 is 0. The zero-order valence-electron chi connectivity index (χ0n) is 11.8. The van der Waals surface area contributed by atoms with Crippen LogP contribution in [0.5, 0.6) is 0 Å². The van der Waals surface area contributed by atoms with E-state index in [2.05, 4.69) is 10.3 Å². The van der Waals surface area contributed by atoms with Crippen LogP contribution in [0.25, 0.3) is 11.0 Å². The first-order chi connectivity index (χ1) is 10.2. The van der Waals surface area contributed by atoms with E-state index in [1.165, 1.54) is 0 Å². The Morgan fingerprint density at radius 1 is 1.43 bits per heavy atom. The number of benzene rings is 1. The maximum absolute atomic E-state index is 12.0. The van der Waals surface area contributed by atoms with Crippen molar-refractivity contribution in [1.82, 2.24) is 14.9 Å². The zero-order valence-corrected chi connectivity index (χ0v) is 11.8. The minimum Gasteiger partial charge on any atom is -0.459 e. The van der Waals surface area contributed by atoms with Gasteiger partial charge in [-0.05, 0) is 19.1 Å². The topological polar surface area (TPSA) is 60.1 Å². The Bertz CT molecular complexity index is 698. The van der Waals surface area contributed by atoms with Gasteiger partial charge in [-0.2, -0.15) is 0 Å². The summed E-state index contributed by atoms with van der Waals surface area (Å²) in [5.41, 5.74) is 0.840. The molecule has 21 heavy (non-hydrogen) atoms. The Morgan fingerprint density at radius 2 is 2.29 bits per heavy atom. The van der Waals surface area contributed by atoms with E-state index in [0.29, 0.717) is 13.0 Å². The Labute approximate surface area is 122 Å². The Balaban J connectivity index is 1.60. The number of nitrogens with one attached hydrogen (secondary N) is 1. The van der Waals surface area contributed by atoms with Gasteiger partial charge in [-0.15, -0.1) is 0 Å². The molecule has 0 aliphatic carbocycles. The summed E-state index contributed by atoms with van der Waals surface area (Å²) in [7, 11) is 0. The number of hydrogen-bond donors (Lipinski definition) is 1. The number of amides is 1. The van der Waals surface area contributed by atoms with Crippen molar-refractivity contribution in [3.05, 3.63) is 54.8 Å². The molecule has 0 saturated carbocycles. The Hall–Kier alpha value is -2.56. The predicted molar refractivity (Wildman–Crippen MR) is 79.6 cm³/mol. The third kappa shape index (κ3) is 3.13. The van der Waals surface area contributed by atoms with Gasteiger partial charge in [0.2, 0.25) is 5.91 Å². The SMILES string of the molecule is C[C@@H](NC(=O)CCn1ccnc1)c1cc2ccccc2o1. The second-order valence-corrected chi connectivity index (χ2v) is 5.03. The highest BCUT2D eigenvalue weighted by molar-refractivity contribution is 5.79. The molecule has 0 aliphatic heterocycles. The molecule has 3 rings (SSSR count). The van der Waals surface area contributed by atoms with E-state index in [1.54, 1.807) is 12.5 Å². The average molecular weight is 283 g/mol. The van der Waals surface area contributed by atoms with Crippen LogP contribution in [0, 0.1) is 0 Å². The van der Waals surface area contributed by atoms with Crippen molar-refractivity contribution in [3.8, 4) is 0 Å². The number of furan rings is 1. The van der Waals surface area contributed by atoms with E-state index in [9.17, 15) is 4.79 Å². The number of nitrogens with zero attached hydrogens (tertiary/aromatic N) is 2. The molecule has 5 nitrogen and oxygen atoms in total. The summed E-state index contributed by atoms with van der Waals surface area (Å²) in [6.07, 6.45) is 5.67. The molecule has 108 valence electrons. The fourth-order valence-electron chi connectivity index (χ4n) is 2.25. The van der Waals surface area contributed by atoms with Gasteiger partial charge >= 0.3 is 0 Å². The van der Waals surface area contributed by atoms with Crippen LogP contribution in [0.4, 0.5) is 0 Å². The van der Waals surface area contributed by atoms with Crippen LogP contribution in [0.1, 0.15) is 25.1 Å². The van der Waals surface area contributed by atoms with Crippen molar-refractivity contribution in [2.75, 3.05) is 0 Å². The molecule has 0 spiro atoms. The number of para-hydroxylation sites is 1. The van der Waals surface area contributed by atoms with Crippen LogP contribution in [-0.2, 0) is 11.3 Å². The Kier molecular flexibility index (Phi) is 3.73. The quantitative estimate of drug-likeness (QED) is 0.783. The van der Waals surface area contributed by atoms with E-state index in [0.717, 1.165) is 16.7 Å². The highest BCUT2D eigenvalue weighted by atomic mass is 16.3. The molecule has 1 aromatic carbocycles. The van der Waals surface area contributed by atoms with Gasteiger partial charge in [0.15, 0.2) is 0 Å². The van der Waals surface area contributed by atoms with Gasteiger partial charge in [-0.3, -0.25) is 4.79 Å². The molecule has 0 fully saturated rings. The van der Waals surface area contributed by atoms with Crippen molar-refractivity contribution in [1.29, 1.82) is 0 Å². The first-order valence-corrected chi connectivity index (χ1v) is 6.96. The van der Waals surface area contributed by atoms with Gasteiger partial charge in [0.25, 0.3) is 0 Å². The summed E-state index contributed by atoms with van der Waals surface area (Å²) in [5.74, 6) is 0.767. The fraction of sp³-hybridized carbons (Fsp3) is 0.250. The smallest absolute Gasteiger partial charge is 0.222 e. The standard InChI is InChI=1S/C16H17N3O2/c1-12(15-10-13-4-2-3-5-14(13)21-15)18-16(20)6-8-19-9-7-17-11-19/h2-5,7,9-12H,6,8H2,1H3,(H,18,20)/t12-/m1/s1. The second kappa shape index (κ2) is 5.83. The molecule has 1 atom stereocenters. The van der Waals surface area contributed by atoms with Gasteiger partial charge < -0.3 is 14.3 Å². The number of imidazole rings is 1. The molecule has 0 bridgehead atoms. The molecule has 3 aromatic rings. The number of fused-ring (bicyclic) bond motifs is 1. The summed E-state index contributed by atoms with van der Waals surface area (Å²) in [6, 6.07) is 9.64. The molecule has 0 radical (unpaired) electrons. The molecular weight excluding hydrogens is 266 g/mol. The van der Waals surface area contributed by atoms with E-state index in [-0.39, 0.29) is 11.9 Å². The summed E-state index contributed by atoms with van der Waals surface area (Å²) in [5, 5.41) is 4.00. The van der Waals surface area contributed by atoms with Crippen molar-refractivity contribution in [2.45, 2.75) is 25.9 Å². The van der Waals surface area contributed by atoms with Crippen LogP contribution >= 0.6 is 0 Å². The average Bonchev–Trinajstić information content (AvgIpc) is 3.14. The molecule has 0 unspecified atom stereocenters. The Morgan fingerprint density at radius 3 is 3.05 bits per heavy atom. The number of rotatable bonds is 5. The van der Waals surface area contributed by atoms with Gasteiger partial charge in [0, 0.05) is 30.7 Å². The molecule has 0 aliphatic rings. The van der Waals surface area contributed by atoms with E-state index in [4.69, 9.17) is 4.42 Å². The van der Waals surface area contributed by atoms with Crippen LogP contribution in [0.15, 0.2) is 53.5 Å². The fourth-order valence-corrected chi connectivity index (χ4v) is 2.25. The van der Waals surface area contributed by atoms with Gasteiger partial charge in [0.05, 0.1) is 12.4 Å². The molecule has 0 saturated heterocycles. The van der Waals surface area contributed by atoms with Crippen molar-refractivity contribution < 1.29 is 9.21 Å². The number of hydrogen-bond acceptors (Lipinski definition) is 3. The number of carbonyl (C=O) groups is 1. The van der Waals surface area contributed by atoms with Crippen molar-refractivity contribution in [3.63, 3.8) is 0 Å². The van der Waals surface area contributed by atoms with Crippen molar-refractivity contribution >= 4 is 16.9 Å². The minimum atomic E-state index is -0.146. The van der Waals surface area contributed by atoms with Crippen molar-refractivity contribution in [2.24, 2.45) is 0 Å². The number of carbonyl (C=O) groups excluding carboxylic acids is 1. The third-order valence-electron chi connectivity index (χ3n) is 3.41. The first kappa shape index (κ1) is 13.4. The lowest BCUT2D eigenvalue weighted by atomic mass is 10.2. The largest absolute Gasteiger partial charge is 0.459 e. The minimum absolute atomic E-state index is 0.00310. The van der Waals surface area contributed by atoms with Crippen LogP contribution < -0.4 is 5.32 Å². The lowest BCUT2D eigenvalue weighted by Crippen LogP contribution is -2.27. The number of aromatic nitrogens is 2. The van der Waals surface area contributed by atoms with Crippen LogP contribution in [0.2, 0.25) is 0 Å². The molecule has 1 N–H and O–H groups in total. The normalized spacial score (nSPS) is 12.4. The van der Waals surface area contributed by atoms with E-state index in [1.807, 2.05) is 48.0 Å².